The summed E-state index contributed by atoms with van der Waals surface area (Å²) in [5, 5.41) is 12.3. The lowest BCUT2D eigenvalue weighted by atomic mass is 10.0. The van der Waals surface area contributed by atoms with Crippen molar-refractivity contribution in [2.45, 2.75) is 31.8 Å². The van der Waals surface area contributed by atoms with E-state index < -0.39 is 0 Å². The largest absolute Gasteiger partial charge is 0.381 e. The molecule has 3 aromatic heterocycles. The molecule has 0 unspecified atom stereocenters. The van der Waals surface area contributed by atoms with E-state index in [1.807, 2.05) is 0 Å². The first-order valence-electron chi connectivity index (χ1n) is 10.5. The fourth-order valence-corrected chi connectivity index (χ4v) is 5.19. The highest BCUT2D eigenvalue weighted by atomic mass is 32.1. The van der Waals surface area contributed by atoms with Crippen molar-refractivity contribution < 1.29 is 4.74 Å². The van der Waals surface area contributed by atoms with E-state index in [9.17, 15) is 9.59 Å². The van der Waals surface area contributed by atoms with Gasteiger partial charge in [0.2, 0.25) is 0 Å². The van der Waals surface area contributed by atoms with E-state index in [1.54, 1.807) is 29.1 Å². The molecule has 160 valence electrons. The second kappa shape index (κ2) is 7.94. The molecule has 1 aliphatic rings. The van der Waals surface area contributed by atoms with Crippen LogP contribution in [0, 0.1) is 0 Å². The average Bonchev–Trinajstić information content (AvgIpc) is 3.26. The van der Waals surface area contributed by atoms with Crippen molar-refractivity contribution in [2.75, 3.05) is 18.5 Å². The Morgan fingerprint density at radius 3 is 2.77 bits per heavy atom. The lowest BCUT2D eigenvalue weighted by Crippen LogP contribution is -2.30. The SMILES string of the molecule is C[C@H](Nc1nn(C)c(=O)c2cc(=O)n(C3CCOCC3)cc12)c1cccc2sccc12. The number of nitrogens with one attached hydrogen (secondary N) is 1. The van der Waals surface area contributed by atoms with Crippen LogP contribution in [0.2, 0.25) is 0 Å². The summed E-state index contributed by atoms with van der Waals surface area (Å²) in [6.07, 6.45) is 3.36. The summed E-state index contributed by atoms with van der Waals surface area (Å²) in [6.45, 7) is 3.35. The average molecular weight is 437 g/mol. The van der Waals surface area contributed by atoms with E-state index in [0.717, 1.165) is 12.8 Å². The lowest BCUT2D eigenvalue weighted by Gasteiger charge is -2.25. The fraction of sp³-hybridized carbons (Fsp3) is 0.348. The minimum Gasteiger partial charge on any atom is -0.381 e. The first-order chi connectivity index (χ1) is 15.0. The van der Waals surface area contributed by atoms with Gasteiger partial charge in [-0.15, -0.1) is 11.3 Å². The van der Waals surface area contributed by atoms with Crippen LogP contribution in [0.15, 0.2) is 51.5 Å². The van der Waals surface area contributed by atoms with Crippen molar-refractivity contribution in [1.29, 1.82) is 0 Å². The monoisotopic (exact) mass is 436 g/mol. The summed E-state index contributed by atoms with van der Waals surface area (Å²) in [5.41, 5.74) is 0.731. The molecule has 1 N–H and O–H groups in total. The van der Waals surface area contributed by atoms with Crippen molar-refractivity contribution >= 4 is 38.0 Å². The van der Waals surface area contributed by atoms with Gasteiger partial charge >= 0.3 is 0 Å². The Hall–Kier alpha value is -2.97. The third kappa shape index (κ3) is 3.55. The molecule has 1 fully saturated rings. The molecule has 31 heavy (non-hydrogen) atoms. The van der Waals surface area contributed by atoms with Crippen LogP contribution in [0.5, 0.6) is 0 Å². The first-order valence-corrected chi connectivity index (χ1v) is 11.3. The number of ether oxygens (including phenoxy) is 1. The van der Waals surface area contributed by atoms with Crippen LogP contribution >= 0.6 is 11.3 Å². The van der Waals surface area contributed by atoms with Crippen LogP contribution in [0.25, 0.3) is 20.9 Å². The number of nitrogens with zero attached hydrogens (tertiary/aromatic N) is 3. The molecule has 5 rings (SSSR count). The van der Waals surface area contributed by atoms with E-state index in [0.29, 0.717) is 29.8 Å². The standard InChI is InChI=1S/C23H24N4O3S/c1-14(16-4-3-5-20-17(16)8-11-31-20)24-22-19-13-27(15-6-9-30-10-7-15)21(28)12-18(19)23(29)26(2)25-22/h3-5,8,11-15H,6-7,9-10H2,1-2H3,(H,24,25)/t14-/m0/s1. The number of thiophene rings is 1. The van der Waals surface area contributed by atoms with E-state index in [1.165, 1.54) is 26.4 Å². The molecule has 0 bridgehead atoms. The number of aromatic nitrogens is 3. The first kappa shape index (κ1) is 20.0. The van der Waals surface area contributed by atoms with Gasteiger partial charge in [0.15, 0.2) is 5.82 Å². The highest BCUT2D eigenvalue weighted by molar-refractivity contribution is 7.17. The zero-order valence-corrected chi connectivity index (χ0v) is 18.3. The number of benzene rings is 1. The number of pyridine rings is 1. The van der Waals surface area contributed by atoms with Crippen molar-refractivity contribution in [3.8, 4) is 0 Å². The second-order valence-corrected chi connectivity index (χ2v) is 8.96. The number of rotatable bonds is 4. The molecule has 4 heterocycles. The highest BCUT2D eigenvalue weighted by Crippen LogP contribution is 2.31. The van der Waals surface area contributed by atoms with Crippen LogP contribution in [-0.2, 0) is 11.8 Å². The number of anilines is 1. The number of hydrogen-bond acceptors (Lipinski definition) is 6. The van der Waals surface area contributed by atoms with Gasteiger partial charge in [-0.05, 0) is 48.2 Å². The maximum absolute atomic E-state index is 12.8. The number of hydrogen-bond donors (Lipinski definition) is 1. The molecular formula is C23H24N4O3S. The van der Waals surface area contributed by atoms with Crippen molar-refractivity contribution in [2.24, 2.45) is 7.05 Å². The summed E-state index contributed by atoms with van der Waals surface area (Å²) in [7, 11) is 1.61. The van der Waals surface area contributed by atoms with E-state index >= 15 is 0 Å². The topological polar surface area (TPSA) is 78.2 Å². The Kier molecular flexibility index (Phi) is 5.11. The molecule has 1 aliphatic heterocycles. The Balaban J connectivity index is 1.62. The minimum absolute atomic E-state index is 0.0324. The van der Waals surface area contributed by atoms with Crippen LogP contribution < -0.4 is 16.4 Å². The highest BCUT2D eigenvalue weighted by Gasteiger charge is 2.20. The molecule has 0 aliphatic carbocycles. The van der Waals surface area contributed by atoms with Crippen molar-refractivity contribution in [3.05, 3.63) is 68.2 Å². The van der Waals surface area contributed by atoms with Crippen LogP contribution in [0.1, 0.15) is 37.4 Å². The molecule has 1 atom stereocenters. The van der Waals surface area contributed by atoms with Gasteiger partial charge < -0.3 is 14.6 Å². The molecule has 0 saturated carbocycles. The molecule has 7 nitrogen and oxygen atoms in total. The van der Waals surface area contributed by atoms with Gasteiger partial charge in [-0.1, -0.05) is 12.1 Å². The van der Waals surface area contributed by atoms with E-state index in [4.69, 9.17) is 4.74 Å². The zero-order chi connectivity index (χ0) is 21.5. The summed E-state index contributed by atoms with van der Waals surface area (Å²) < 4.78 is 9.71. The summed E-state index contributed by atoms with van der Waals surface area (Å²) >= 11 is 1.71. The normalized spacial score (nSPS) is 16.1. The van der Waals surface area contributed by atoms with Gasteiger partial charge in [0.1, 0.15) is 0 Å². The number of aryl methyl sites for hydroxylation is 1. The molecule has 1 saturated heterocycles. The van der Waals surface area contributed by atoms with E-state index in [2.05, 4.69) is 47.0 Å². The minimum atomic E-state index is -0.274. The molecule has 0 radical (unpaired) electrons. The van der Waals surface area contributed by atoms with Gasteiger partial charge in [0.25, 0.3) is 11.1 Å². The third-order valence-electron chi connectivity index (χ3n) is 6.04. The smallest absolute Gasteiger partial charge is 0.274 e. The number of fused-ring (bicyclic) bond motifs is 2. The quantitative estimate of drug-likeness (QED) is 0.526. The third-order valence-corrected chi connectivity index (χ3v) is 6.93. The molecule has 8 heteroatoms. The van der Waals surface area contributed by atoms with Gasteiger partial charge in [-0.3, -0.25) is 9.59 Å². The van der Waals surface area contributed by atoms with Gasteiger partial charge in [-0.25, -0.2) is 4.68 Å². The van der Waals surface area contributed by atoms with Crippen LogP contribution in [0.4, 0.5) is 5.82 Å². The molecule has 0 spiro atoms. The van der Waals surface area contributed by atoms with E-state index in [-0.39, 0.29) is 23.2 Å². The summed E-state index contributed by atoms with van der Waals surface area (Å²) in [4.78, 5) is 25.5. The molecule has 0 amide bonds. The maximum Gasteiger partial charge on any atom is 0.274 e. The van der Waals surface area contributed by atoms with Crippen LogP contribution in [0.3, 0.4) is 0 Å². The Morgan fingerprint density at radius 1 is 1.16 bits per heavy atom. The summed E-state index contributed by atoms with van der Waals surface area (Å²) in [6, 6.07) is 9.89. The molecule has 1 aromatic carbocycles. The molecule has 4 aromatic rings. The van der Waals surface area contributed by atoms with Gasteiger partial charge in [-0.2, -0.15) is 5.10 Å². The van der Waals surface area contributed by atoms with Crippen molar-refractivity contribution in [1.82, 2.24) is 14.3 Å². The Bertz CT molecular complexity index is 1380. The van der Waals surface area contributed by atoms with Gasteiger partial charge in [0, 0.05) is 48.7 Å². The predicted octanol–water partition coefficient (Wildman–Crippen LogP) is 3.83. The fourth-order valence-electron chi connectivity index (χ4n) is 4.37. The van der Waals surface area contributed by atoms with Crippen molar-refractivity contribution in [3.63, 3.8) is 0 Å². The summed E-state index contributed by atoms with van der Waals surface area (Å²) in [5.74, 6) is 0.595. The second-order valence-electron chi connectivity index (χ2n) is 8.01. The van der Waals surface area contributed by atoms with Gasteiger partial charge in [0.05, 0.1) is 11.4 Å². The maximum atomic E-state index is 12.8. The molecular weight excluding hydrogens is 412 g/mol. The lowest BCUT2D eigenvalue weighted by molar-refractivity contribution is 0.0688. The van der Waals surface area contributed by atoms with Crippen LogP contribution in [-0.4, -0.2) is 27.6 Å². The zero-order valence-electron chi connectivity index (χ0n) is 17.5. The Morgan fingerprint density at radius 2 is 1.97 bits per heavy atom. The Labute approximate surface area is 182 Å². The predicted molar refractivity (Wildman–Crippen MR) is 124 cm³/mol.